The van der Waals surface area contributed by atoms with Gasteiger partial charge in [0.2, 0.25) is 11.6 Å². The molecular weight excluding hydrogens is 353 g/mol. The number of hydrogen-bond donors (Lipinski definition) is 1. The molecule has 9 heteroatoms. The molecule has 1 atom stereocenters. The monoisotopic (exact) mass is 361 g/mol. The Morgan fingerprint density at radius 2 is 2.00 bits per heavy atom. The fourth-order valence-electron chi connectivity index (χ4n) is 1.86. The zero-order valence-electron chi connectivity index (χ0n) is 11.2. The predicted molar refractivity (Wildman–Crippen MR) is 85.8 cm³/mol. The number of pyridine rings is 1. The number of aromatic nitrogens is 1. The van der Waals surface area contributed by atoms with Crippen LogP contribution in [0.4, 0.5) is 11.5 Å². The van der Waals surface area contributed by atoms with Crippen molar-refractivity contribution in [2.24, 2.45) is 0 Å². The predicted octanol–water partition coefficient (Wildman–Crippen LogP) is 4.67. The largest absolute Gasteiger partial charge is 0.479 e. The number of hydrogen-bond acceptors (Lipinski definition) is 5. The second-order valence-electron chi connectivity index (χ2n) is 4.36. The van der Waals surface area contributed by atoms with Crippen molar-refractivity contribution in [2.45, 2.75) is 13.0 Å². The number of rotatable bonds is 4. The highest BCUT2D eigenvalue weighted by Gasteiger charge is 2.24. The highest BCUT2D eigenvalue weighted by Crippen LogP contribution is 2.37. The van der Waals surface area contributed by atoms with Gasteiger partial charge < -0.3 is 10.5 Å². The molecule has 6 nitrogen and oxygen atoms in total. The van der Waals surface area contributed by atoms with E-state index in [0.29, 0.717) is 15.6 Å². The fraction of sp³-hybridized carbons (Fsp3) is 0.154. The van der Waals surface area contributed by atoms with Crippen LogP contribution in [0.5, 0.6) is 5.75 Å². The third-order valence-corrected chi connectivity index (χ3v) is 3.60. The highest BCUT2D eigenvalue weighted by molar-refractivity contribution is 6.35. The van der Waals surface area contributed by atoms with Crippen LogP contribution in [0, 0.1) is 10.1 Å². The van der Waals surface area contributed by atoms with Crippen LogP contribution in [-0.2, 0) is 0 Å². The molecule has 2 aromatic rings. The first-order valence-electron chi connectivity index (χ1n) is 6.01. The molecule has 0 aliphatic heterocycles. The standard InChI is InChI=1S/C13H10Cl3N3O3/c1-6(8-3-2-7(14)4-9(8)15)22-10-5-11(16)18-13(17)12(10)19(20)21/h2-6H,1H3,(H2,17,18)/t6-/m1/s1. The summed E-state index contributed by atoms with van der Waals surface area (Å²) >= 11 is 17.7. The van der Waals surface area contributed by atoms with Crippen LogP contribution in [0.3, 0.4) is 0 Å². The van der Waals surface area contributed by atoms with E-state index in [1.165, 1.54) is 6.07 Å². The molecule has 22 heavy (non-hydrogen) atoms. The molecule has 0 saturated heterocycles. The van der Waals surface area contributed by atoms with Gasteiger partial charge in [-0.3, -0.25) is 10.1 Å². The molecule has 0 aliphatic carbocycles. The lowest BCUT2D eigenvalue weighted by atomic mass is 10.1. The van der Waals surface area contributed by atoms with E-state index >= 15 is 0 Å². The summed E-state index contributed by atoms with van der Waals surface area (Å²) in [7, 11) is 0. The van der Waals surface area contributed by atoms with Crippen LogP contribution < -0.4 is 10.5 Å². The molecule has 116 valence electrons. The van der Waals surface area contributed by atoms with Gasteiger partial charge in [-0.25, -0.2) is 4.98 Å². The minimum Gasteiger partial charge on any atom is -0.479 e. The summed E-state index contributed by atoms with van der Waals surface area (Å²) in [5, 5.41) is 12.0. The van der Waals surface area contributed by atoms with Crippen LogP contribution >= 0.6 is 34.8 Å². The first-order valence-corrected chi connectivity index (χ1v) is 7.15. The number of halogens is 3. The van der Waals surface area contributed by atoms with E-state index in [4.69, 9.17) is 45.3 Å². The van der Waals surface area contributed by atoms with Crippen LogP contribution in [0.25, 0.3) is 0 Å². The van der Waals surface area contributed by atoms with Gasteiger partial charge in [0.05, 0.1) is 4.92 Å². The van der Waals surface area contributed by atoms with E-state index in [0.717, 1.165) is 0 Å². The molecule has 1 aromatic carbocycles. The molecule has 0 saturated carbocycles. The fourth-order valence-corrected chi connectivity index (χ4v) is 2.61. The summed E-state index contributed by atoms with van der Waals surface area (Å²) in [6.07, 6.45) is -0.582. The van der Waals surface area contributed by atoms with Crippen molar-refractivity contribution < 1.29 is 9.66 Å². The quantitative estimate of drug-likeness (QED) is 0.484. The summed E-state index contributed by atoms with van der Waals surface area (Å²) in [5.41, 5.74) is 5.70. The molecule has 0 fully saturated rings. The van der Waals surface area contributed by atoms with Crippen molar-refractivity contribution in [1.82, 2.24) is 4.98 Å². The number of nitro groups is 1. The van der Waals surface area contributed by atoms with Crippen molar-refractivity contribution in [3.63, 3.8) is 0 Å². The molecule has 1 heterocycles. The molecule has 2 N–H and O–H groups in total. The van der Waals surface area contributed by atoms with Crippen molar-refractivity contribution in [3.05, 3.63) is 55.1 Å². The van der Waals surface area contributed by atoms with E-state index in [1.54, 1.807) is 25.1 Å². The number of nitrogens with two attached hydrogens (primary N) is 1. The van der Waals surface area contributed by atoms with E-state index in [-0.39, 0.29) is 16.7 Å². The molecule has 0 radical (unpaired) electrons. The second-order valence-corrected chi connectivity index (χ2v) is 5.59. The van der Waals surface area contributed by atoms with Gasteiger partial charge in [-0.2, -0.15) is 0 Å². The first-order chi connectivity index (χ1) is 10.3. The molecule has 0 amide bonds. The SMILES string of the molecule is C[C@@H](Oc1cc(Cl)nc(N)c1[N+](=O)[O-])c1ccc(Cl)cc1Cl. The minimum atomic E-state index is -0.676. The van der Waals surface area contributed by atoms with Crippen LogP contribution in [-0.4, -0.2) is 9.91 Å². The van der Waals surface area contributed by atoms with Crippen molar-refractivity contribution >= 4 is 46.3 Å². The van der Waals surface area contributed by atoms with Gasteiger partial charge in [0.1, 0.15) is 11.3 Å². The Bertz CT molecular complexity index is 740. The van der Waals surface area contributed by atoms with Gasteiger partial charge in [-0.15, -0.1) is 0 Å². The smallest absolute Gasteiger partial charge is 0.352 e. The molecular formula is C13H10Cl3N3O3. The lowest BCUT2D eigenvalue weighted by Crippen LogP contribution is -2.08. The van der Waals surface area contributed by atoms with Gasteiger partial charge in [-0.1, -0.05) is 40.9 Å². The summed E-state index contributed by atoms with van der Waals surface area (Å²) in [6, 6.07) is 6.11. The van der Waals surface area contributed by atoms with E-state index in [1.807, 2.05) is 0 Å². The van der Waals surface area contributed by atoms with E-state index in [9.17, 15) is 10.1 Å². The van der Waals surface area contributed by atoms with Crippen molar-refractivity contribution in [1.29, 1.82) is 0 Å². The highest BCUT2D eigenvalue weighted by atomic mass is 35.5. The number of anilines is 1. The maximum Gasteiger partial charge on any atom is 0.352 e. The van der Waals surface area contributed by atoms with Gasteiger partial charge in [0.15, 0.2) is 0 Å². The topological polar surface area (TPSA) is 91.3 Å². The molecule has 2 rings (SSSR count). The van der Waals surface area contributed by atoms with Crippen LogP contribution in [0.2, 0.25) is 15.2 Å². The zero-order chi connectivity index (χ0) is 16.4. The lowest BCUT2D eigenvalue weighted by molar-refractivity contribution is -0.385. The summed E-state index contributed by atoms with van der Waals surface area (Å²) in [4.78, 5) is 14.1. The van der Waals surface area contributed by atoms with Crippen molar-refractivity contribution in [2.75, 3.05) is 5.73 Å². The Morgan fingerprint density at radius 1 is 1.32 bits per heavy atom. The Hall–Kier alpha value is -1.76. The lowest BCUT2D eigenvalue weighted by Gasteiger charge is -2.17. The summed E-state index contributed by atoms with van der Waals surface area (Å²) in [5.74, 6) is -0.400. The Balaban J connectivity index is 2.39. The van der Waals surface area contributed by atoms with Crippen molar-refractivity contribution in [3.8, 4) is 5.75 Å². The third kappa shape index (κ3) is 3.52. The third-order valence-electron chi connectivity index (χ3n) is 2.84. The average Bonchev–Trinajstić information content (AvgIpc) is 2.36. The average molecular weight is 363 g/mol. The number of nitrogens with zero attached hydrogens (tertiary/aromatic N) is 2. The van der Waals surface area contributed by atoms with Gasteiger partial charge in [-0.05, 0) is 19.1 Å². The normalized spacial score (nSPS) is 12.0. The van der Waals surface area contributed by atoms with Gasteiger partial charge in [0, 0.05) is 21.7 Å². The zero-order valence-corrected chi connectivity index (χ0v) is 13.5. The molecule has 0 unspecified atom stereocenters. The Labute approximate surface area is 140 Å². The number of benzene rings is 1. The van der Waals surface area contributed by atoms with Crippen LogP contribution in [0.15, 0.2) is 24.3 Å². The van der Waals surface area contributed by atoms with Gasteiger partial charge in [0.25, 0.3) is 0 Å². The number of ether oxygens (including phenoxy) is 1. The second kappa shape index (κ2) is 6.56. The minimum absolute atomic E-state index is 0.00694. The van der Waals surface area contributed by atoms with Crippen LogP contribution in [0.1, 0.15) is 18.6 Å². The maximum atomic E-state index is 11.1. The first kappa shape index (κ1) is 16.6. The summed E-state index contributed by atoms with van der Waals surface area (Å²) in [6.45, 7) is 1.68. The maximum absolute atomic E-state index is 11.1. The molecule has 0 aliphatic rings. The molecule has 1 aromatic heterocycles. The summed E-state index contributed by atoms with van der Waals surface area (Å²) < 4.78 is 5.60. The van der Waals surface area contributed by atoms with Gasteiger partial charge >= 0.3 is 5.69 Å². The van der Waals surface area contributed by atoms with E-state index in [2.05, 4.69) is 4.98 Å². The molecule has 0 bridgehead atoms. The number of nitrogen functional groups attached to an aromatic ring is 1. The Kier molecular flexibility index (Phi) is 4.95. The Morgan fingerprint density at radius 3 is 2.59 bits per heavy atom. The van der Waals surface area contributed by atoms with E-state index < -0.39 is 16.7 Å². The molecule has 0 spiro atoms.